The number of carbonyl (C=O) groups is 1. The first-order valence-corrected chi connectivity index (χ1v) is 10.5. The molecule has 2 heterocycles. The molecule has 0 bridgehead atoms. The van der Waals surface area contributed by atoms with Crippen LogP contribution in [-0.4, -0.2) is 47.7 Å². The molecule has 1 amide bonds. The molecule has 0 N–H and O–H groups in total. The van der Waals surface area contributed by atoms with Gasteiger partial charge in [-0.3, -0.25) is 9.69 Å². The van der Waals surface area contributed by atoms with E-state index in [1.807, 2.05) is 42.3 Å². The van der Waals surface area contributed by atoms with Crippen LogP contribution in [0.2, 0.25) is 0 Å². The number of likely N-dealkylation sites (tertiary alicyclic amines) is 1. The Morgan fingerprint density at radius 3 is 2.09 bits per heavy atom. The number of halogens is 3. The van der Waals surface area contributed by atoms with Crippen LogP contribution in [0.4, 0.5) is 13.2 Å². The highest BCUT2D eigenvalue weighted by molar-refractivity contribution is 5.89. The second kappa shape index (κ2) is 8.86. The summed E-state index contributed by atoms with van der Waals surface area (Å²) in [4.78, 5) is 16.3. The number of nitrogens with zero attached hydrogens (tertiary/aromatic N) is 2. The summed E-state index contributed by atoms with van der Waals surface area (Å²) in [6.45, 7) is 2.67. The van der Waals surface area contributed by atoms with Gasteiger partial charge in [-0.25, -0.2) is 0 Å². The van der Waals surface area contributed by atoms with Crippen LogP contribution in [-0.2, 0) is 11.3 Å². The Hall–Kier alpha value is -3.00. The van der Waals surface area contributed by atoms with Crippen LogP contribution < -0.4 is 9.47 Å². The standard InChI is InChI=1S/C24H25F3N2O3/c1-28-22(30)3-2-12-23(28)13-15-29(16-14-23)17-18-4-6-19(7-5-18)31-20-8-10-21(11-9-20)32-24(25,26)27/h2-11H,12-17H2,1H3. The highest BCUT2D eigenvalue weighted by atomic mass is 19.4. The molecule has 1 spiro atoms. The molecule has 0 radical (unpaired) electrons. The number of hydrogen-bond donors (Lipinski definition) is 0. The van der Waals surface area contributed by atoms with Crippen molar-refractivity contribution in [3.8, 4) is 17.2 Å². The van der Waals surface area contributed by atoms with Crippen molar-refractivity contribution < 1.29 is 27.4 Å². The summed E-state index contributed by atoms with van der Waals surface area (Å²) in [6.07, 6.45) is 1.76. The maximum absolute atomic E-state index is 12.2. The fourth-order valence-electron chi connectivity index (χ4n) is 4.30. The zero-order valence-corrected chi connectivity index (χ0v) is 17.8. The zero-order valence-electron chi connectivity index (χ0n) is 17.8. The van der Waals surface area contributed by atoms with Crippen LogP contribution in [0.1, 0.15) is 24.8 Å². The van der Waals surface area contributed by atoms with Crippen molar-refractivity contribution in [1.82, 2.24) is 9.80 Å². The molecule has 2 aliphatic rings. The molecule has 0 aliphatic carbocycles. The van der Waals surface area contributed by atoms with Gasteiger partial charge in [0.15, 0.2) is 0 Å². The summed E-state index contributed by atoms with van der Waals surface area (Å²) >= 11 is 0. The van der Waals surface area contributed by atoms with Crippen LogP contribution in [0.5, 0.6) is 17.2 Å². The van der Waals surface area contributed by atoms with Crippen LogP contribution in [0.15, 0.2) is 60.7 Å². The smallest absolute Gasteiger partial charge is 0.457 e. The first-order chi connectivity index (χ1) is 15.2. The number of benzene rings is 2. The van der Waals surface area contributed by atoms with E-state index in [0.29, 0.717) is 11.5 Å². The van der Waals surface area contributed by atoms with E-state index in [4.69, 9.17) is 4.74 Å². The molecular formula is C24H25F3N2O3. The van der Waals surface area contributed by atoms with E-state index in [1.165, 1.54) is 24.3 Å². The summed E-state index contributed by atoms with van der Waals surface area (Å²) < 4.78 is 46.3. The van der Waals surface area contributed by atoms with Crippen molar-refractivity contribution in [1.29, 1.82) is 0 Å². The molecule has 2 aromatic carbocycles. The maximum Gasteiger partial charge on any atom is 0.573 e. The van der Waals surface area contributed by atoms with Gasteiger partial charge < -0.3 is 14.4 Å². The van der Waals surface area contributed by atoms with Gasteiger partial charge in [-0.2, -0.15) is 0 Å². The molecule has 8 heteroatoms. The first kappa shape index (κ1) is 22.2. The van der Waals surface area contributed by atoms with Crippen molar-refractivity contribution in [2.45, 2.75) is 37.7 Å². The van der Waals surface area contributed by atoms with Crippen LogP contribution in [0, 0.1) is 0 Å². The molecule has 0 aromatic heterocycles. The van der Waals surface area contributed by atoms with E-state index in [2.05, 4.69) is 9.64 Å². The van der Waals surface area contributed by atoms with Gasteiger partial charge in [0.25, 0.3) is 0 Å². The van der Waals surface area contributed by atoms with Gasteiger partial charge in [0.1, 0.15) is 17.2 Å². The first-order valence-electron chi connectivity index (χ1n) is 10.5. The number of hydrogen-bond acceptors (Lipinski definition) is 4. The van der Waals surface area contributed by atoms with Crippen LogP contribution >= 0.6 is 0 Å². The van der Waals surface area contributed by atoms with Gasteiger partial charge in [-0.15, -0.1) is 13.2 Å². The van der Waals surface area contributed by atoms with Crippen molar-refractivity contribution in [3.63, 3.8) is 0 Å². The van der Waals surface area contributed by atoms with E-state index in [9.17, 15) is 18.0 Å². The van der Waals surface area contributed by atoms with E-state index >= 15 is 0 Å². The van der Waals surface area contributed by atoms with Crippen LogP contribution in [0.25, 0.3) is 0 Å². The Bertz CT molecular complexity index is 963. The second-order valence-corrected chi connectivity index (χ2v) is 8.27. The number of alkyl halides is 3. The lowest BCUT2D eigenvalue weighted by molar-refractivity contribution is -0.274. The summed E-state index contributed by atoms with van der Waals surface area (Å²) in [5, 5.41) is 0. The monoisotopic (exact) mass is 446 g/mol. The molecule has 0 unspecified atom stereocenters. The van der Waals surface area contributed by atoms with Crippen molar-refractivity contribution in [2.24, 2.45) is 0 Å². The van der Waals surface area contributed by atoms with E-state index < -0.39 is 6.36 Å². The second-order valence-electron chi connectivity index (χ2n) is 8.27. The van der Waals surface area contributed by atoms with Gasteiger partial charge in [0, 0.05) is 32.2 Å². The minimum absolute atomic E-state index is 0.0548. The Labute approximate surface area is 185 Å². The molecular weight excluding hydrogens is 421 g/mol. The number of carbonyl (C=O) groups excluding carboxylic acids is 1. The molecule has 5 nitrogen and oxygen atoms in total. The highest BCUT2D eigenvalue weighted by Crippen LogP contribution is 2.35. The molecule has 0 saturated carbocycles. The van der Waals surface area contributed by atoms with E-state index in [1.54, 1.807) is 6.08 Å². The number of amides is 1. The Balaban J connectivity index is 1.29. The molecule has 4 rings (SSSR count). The Kier molecular flexibility index (Phi) is 6.15. The summed E-state index contributed by atoms with van der Waals surface area (Å²) in [7, 11) is 1.90. The molecule has 1 fully saturated rings. The van der Waals surface area contributed by atoms with Gasteiger partial charge >= 0.3 is 6.36 Å². The lowest BCUT2D eigenvalue weighted by Crippen LogP contribution is -2.56. The number of rotatable bonds is 5. The van der Waals surface area contributed by atoms with Crippen LogP contribution in [0.3, 0.4) is 0 Å². The molecule has 0 atom stereocenters. The summed E-state index contributed by atoms with van der Waals surface area (Å²) in [6, 6.07) is 13.0. The van der Waals surface area contributed by atoms with Gasteiger partial charge in [-0.05, 0) is 67.3 Å². The minimum atomic E-state index is -4.71. The lowest BCUT2D eigenvalue weighted by atomic mass is 9.81. The zero-order chi connectivity index (χ0) is 22.8. The van der Waals surface area contributed by atoms with Gasteiger partial charge in [0.05, 0.1) is 0 Å². The lowest BCUT2D eigenvalue weighted by Gasteiger charge is -2.48. The summed E-state index contributed by atoms with van der Waals surface area (Å²) in [5.41, 5.74) is 1.09. The van der Waals surface area contributed by atoms with Crippen molar-refractivity contribution >= 4 is 5.91 Å². The molecule has 2 aliphatic heterocycles. The van der Waals surface area contributed by atoms with Gasteiger partial charge in [-0.1, -0.05) is 18.2 Å². The van der Waals surface area contributed by atoms with E-state index in [0.717, 1.165) is 44.5 Å². The third-order valence-electron chi connectivity index (χ3n) is 6.21. The SMILES string of the molecule is CN1C(=O)C=CCC12CCN(Cc1ccc(Oc3ccc(OC(F)(F)F)cc3)cc1)CC2. The van der Waals surface area contributed by atoms with Gasteiger partial charge in [0.2, 0.25) is 5.91 Å². The normalized spacial score (nSPS) is 18.8. The molecule has 2 aromatic rings. The predicted molar refractivity (Wildman–Crippen MR) is 113 cm³/mol. The third-order valence-corrected chi connectivity index (χ3v) is 6.21. The third kappa shape index (κ3) is 5.24. The fourth-order valence-corrected chi connectivity index (χ4v) is 4.30. The minimum Gasteiger partial charge on any atom is -0.457 e. The topological polar surface area (TPSA) is 42.0 Å². The maximum atomic E-state index is 12.2. The number of likely N-dealkylation sites (N-methyl/N-ethyl adjacent to an activating group) is 1. The largest absolute Gasteiger partial charge is 0.573 e. The average molecular weight is 446 g/mol. The summed E-state index contributed by atoms with van der Waals surface area (Å²) in [5.74, 6) is 0.824. The predicted octanol–water partition coefficient (Wildman–Crippen LogP) is 5.13. The molecule has 170 valence electrons. The quantitative estimate of drug-likeness (QED) is 0.639. The fraction of sp³-hybridized carbons (Fsp3) is 0.375. The molecule has 1 saturated heterocycles. The van der Waals surface area contributed by atoms with Crippen molar-refractivity contribution in [3.05, 3.63) is 66.2 Å². The number of ether oxygens (including phenoxy) is 2. The van der Waals surface area contributed by atoms with Crippen molar-refractivity contribution in [2.75, 3.05) is 20.1 Å². The highest BCUT2D eigenvalue weighted by Gasteiger charge is 2.40. The average Bonchev–Trinajstić information content (AvgIpc) is 2.75. The Morgan fingerprint density at radius 1 is 0.938 bits per heavy atom. The van der Waals surface area contributed by atoms with E-state index in [-0.39, 0.29) is 17.2 Å². The Morgan fingerprint density at radius 2 is 1.50 bits per heavy atom. The number of piperidine rings is 1. The molecule has 32 heavy (non-hydrogen) atoms.